The van der Waals surface area contributed by atoms with Crippen molar-refractivity contribution >= 4 is 33.5 Å². The van der Waals surface area contributed by atoms with Gasteiger partial charge in [0.1, 0.15) is 6.54 Å². The lowest BCUT2D eigenvalue weighted by molar-refractivity contribution is -0.936. The standard InChI is InChI=1S/C13H22N.C10H8F2O2.C8H5F2N.C2H4BrCl.ClH/c1-4-14(5-2,6-3)12-13-10-8-7-9-11-13;11-7-3-1-2-6(8(7)12)10(4-5-10)9(13)14;9-7-3-1-2-6(4-5-11)8(7)10;3-1-2-4;/h7-11H,4-6,12H2,1-3H3;1-3H,4-5H2,(H,13,14);1-3H,4H2;1-2H2;1H/q+1;;;;/p-1. The number of nitrogens with zero attached hydrogens (tertiary/aromatic N) is 2. The van der Waals surface area contributed by atoms with Gasteiger partial charge in [-0.1, -0.05) is 70.5 Å². The highest BCUT2D eigenvalue weighted by Crippen LogP contribution is 2.49. The van der Waals surface area contributed by atoms with Crippen LogP contribution in [0, 0.1) is 34.6 Å². The van der Waals surface area contributed by atoms with Crippen LogP contribution in [0.15, 0.2) is 66.7 Å². The molecule has 3 aromatic rings. The van der Waals surface area contributed by atoms with Gasteiger partial charge in [0.05, 0.1) is 37.5 Å². The summed E-state index contributed by atoms with van der Waals surface area (Å²) in [7, 11) is 0. The van der Waals surface area contributed by atoms with E-state index in [1.54, 1.807) is 6.07 Å². The van der Waals surface area contributed by atoms with Gasteiger partial charge in [0, 0.05) is 27.9 Å². The summed E-state index contributed by atoms with van der Waals surface area (Å²) >= 11 is 8.26. The molecule has 242 valence electrons. The van der Waals surface area contributed by atoms with Crippen molar-refractivity contribution in [3.63, 3.8) is 0 Å². The van der Waals surface area contributed by atoms with E-state index in [9.17, 15) is 22.4 Å². The fourth-order valence-electron chi connectivity index (χ4n) is 4.34. The smallest absolute Gasteiger partial charge is 0.314 e. The molecule has 1 aliphatic carbocycles. The van der Waals surface area contributed by atoms with Crippen LogP contribution in [0.3, 0.4) is 0 Å². The van der Waals surface area contributed by atoms with Gasteiger partial charge < -0.3 is 22.0 Å². The van der Waals surface area contributed by atoms with Crippen LogP contribution in [-0.4, -0.2) is 46.4 Å². The number of benzene rings is 3. The molecule has 11 heteroatoms. The zero-order chi connectivity index (χ0) is 32.5. The van der Waals surface area contributed by atoms with Gasteiger partial charge in [-0.3, -0.25) is 4.79 Å². The first-order chi connectivity index (χ1) is 20.5. The van der Waals surface area contributed by atoms with Gasteiger partial charge in [-0.05, 0) is 45.7 Å². The van der Waals surface area contributed by atoms with Crippen LogP contribution in [0.25, 0.3) is 0 Å². The Labute approximate surface area is 277 Å². The normalized spacial score (nSPS) is 12.4. The molecule has 4 nitrogen and oxygen atoms in total. The number of aliphatic carboxylic acids is 1. The van der Waals surface area contributed by atoms with Crippen LogP contribution >= 0.6 is 27.5 Å². The molecule has 0 amide bonds. The van der Waals surface area contributed by atoms with E-state index < -0.39 is 34.7 Å². The fraction of sp³-hybridized carbons (Fsp3) is 0.394. The van der Waals surface area contributed by atoms with Crippen LogP contribution in [0.4, 0.5) is 17.6 Å². The third-order valence-corrected chi connectivity index (χ3v) is 8.41. The van der Waals surface area contributed by atoms with Crippen LogP contribution in [0.2, 0.25) is 0 Å². The molecule has 1 fully saturated rings. The Hall–Kier alpha value is -2.64. The summed E-state index contributed by atoms with van der Waals surface area (Å²) in [4.78, 5) is 10.9. The zero-order valence-electron chi connectivity index (χ0n) is 25.1. The van der Waals surface area contributed by atoms with E-state index in [0.717, 1.165) is 17.5 Å². The number of rotatable bonds is 9. The number of nitriles is 1. The molecule has 0 saturated heterocycles. The molecule has 0 atom stereocenters. The van der Waals surface area contributed by atoms with Crippen molar-refractivity contribution in [3.8, 4) is 6.07 Å². The summed E-state index contributed by atoms with van der Waals surface area (Å²) in [5.41, 5.74) is 0.349. The fourth-order valence-corrected chi connectivity index (χ4v) is 4.34. The lowest BCUT2D eigenvalue weighted by atomic mass is 9.95. The predicted molar refractivity (Wildman–Crippen MR) is 167 cm³/mol. The summed E-state index contributed by atoms with van der Waals surface area (Å²) in [5, 5.41) is 18.0. The number of halogens is 7. The predicted octanol–water partition coefficient (Wildman–Crippen LogP) is 5.80. The van der Waals surface area contributed by atoms with Gasteiger partial charge in [0.15, 0.2) is 23.3 Å². The molecule has 1 aliphatic rings. The quantitative estimate of drug-likeness (QED) is 0.173. The van der Waals surface area contributed by atoms with Gasteiger partial charge >= 0.3 is 5.97 Å². The third-order valence-electron chi connectivity index (χ3n) is 7.37. The minimum absolute atomic E-state index is 0. The van der Waals surface area contributed by atoms with E-state index >= 15 is 0 Å². The van der Waals surface area contributed by atoms with Crippen molar-refractivity contribution in [3.05, 3.63) is 107 Å². The summed E-state index contributed by atoms with van der Waals surface area (Å²) in [6.07, 6.45) is 0.662. The van der Waals surface area contributed by atoms with Crippen molar-refractivity contribution in [2.45, 2.75) is 52.0 Å². The second-order valence-corrected chi connectivity index (χ2v) is 11.0. The topological polar surface area (TPSA) is 61.1 Å². The van der Waals surface area contributed by atoms with Gasteiger partial charge in [-0.25, -0.2) is 17.6 Å². The van der Waals surface area contributed by atoms with Crippen molar-refractivity contribution in [1.82, 2.24) is 0 Å². The number of alkyl halides is 2. The molecular weight excluding hydrogens is 683 g/mol. The maximum absolute atomic E-state index is 13.3. The number of carbonyl (C=O) groups is 1. The number of hydrogen-bond acceptors (Lipinski definition) is 2. The Bertz CT molecular complexity index is 1310. The number of carboxylic acid groups (broad SMARTS) is 1. The first-order valence-corrected chi connectivity index (χ1v) is 15.7. The Morgan fingerprint density at radius 3 is 1.84 bits per heavy atom. The Kier molecular flexibility index (Phi) is 19.9. The minimum Gasteiger partial charge on any atom is -1.00 e. The molecule has 0 unspecified atom stereocenters. The van der Waals surface area contributed by atoms with Crippen LogP contribution in [0.5, 0.6) is 0 Å². The van der Waals surface area contributed by atoms with Gasteiger partial charge in [-0.15, -0.1) is 11.6 Å². The van der Waals surface area contributed by atoms with Crippen LogP contribution in [0.1, 0.15) is 50.3 Å². The van der Waals surface area contributed by atoms with E-state index in [1.807, 2.05) is 0 Å². The second-order valence-electron chi connectivity index (χ2n) is 9.85. The van der Waals surface area contributed by atoms with E-state index in [4.69, 9.17) is 22.0 Å². The van der Waals surface area contributed by atoms with Gasteiger partial charge in [0.25, 0.3) is 0 Å². The molecule has 4 rings (SSSR count). The Balaban J connectivity index is 0.000000591. The summed E-state index contributed by atoms with van der Waals surface area (Å²) in [6, 6.07) is 20.0. The monoisotopic (exact) mass is 720 g/mol. The molecular formula is C33H39BrCl2F4N2O2. The highest BCUT2D eigenvalue weighted by Gasteiger charge is 2.53. The van der Waals surface area contributed by atoms with Crippen molar-refractivity contribution in [1.29, 1.82) is 5.26 Å². The van der Waals surface area contributed by atoms with E-state index in [-0.39, 0.29) is 30.0 Å². The third kappa shape index (κ3) is 12.4. The summed E-state index contributed by atoms with van der Waals surface area (Å²) in [6.45, 7) is 11.7. The van der Waals surface area contributed by atoms with E-state index in [0.29, 0.717) is 18.7 Å². The highest BCUT2D eigenvalue weighted by molar-refractivity contribution is 9.09. The molecule has 1 saturated carbocycles. The van der Waals surface area contributed by atoms with Crippen LogP contribution in [-0.2, 0) is 23.2 Å². The SMILES string of the molecule is CC[N+](CC)(CC)Cc1ccccc1.ClCCBr.N#CCc1cccc(F)c1F.O=C(O)C1(c2cccc(F)c2F)CC1.[Cl-]. The maximum atomic E-state index is 13.3. The van der Waals surface area contributed by atoms with E-state index in [2.05, 4.69) is 67.0 Å². The molecule has 0 bridgehead atoms. The number of carboxylic acids is 1. The van der Waals surface area contributed by atoms with Crippen LogP contribution < -0.4 is 12.4 Å². The lowest BCUT2D eigenvalue weighted by Crippen LogP contribution is -3.00. The molecule has 0 aliphatic heterocycles. The second kappa shape index (κ2) is 21.2. The van der Waals surface area contributed by atoms with Crippen molar-refractivity contribution < 1.29 is 44.4 Å². The minimum atomic E-state index is -1.17. The maximum Gasteiger partial charge on any atom is 0.314 e. The average molecular weight is 722 g/mol. The Morgan fingerprint density at radius 2 is 1.41 bits per heavy atom. The van der Waals surface area contributed by atoms with Gasteiger partial charge in [-0.2, -0.15) is 5.26 Å². The highest BCUT2D eigenvalue weighted by atomic mass is 79.9. The number of quaternary nitrogens is 1. The van der Waals surface area contributed by atoms with E-state index in [1.165, 1.54) is 60.5 Å². The summed E-state index contributed by atoms with van der Waals surface area (Å²) < 4.78 is 52.4. The lowest BCUT2D eigenvalue weighted by Gasteiger charge is -2.35. The van der Waals surface area contributed by atoms with Crippen molar-refractivity contribution in [2.24, 2.45) is 0 Å². The van der Waals surface area contributed by atoms with Gasteiger partial charge in [0.2, 0.25) is 0 Å². The summed E-state index contributed by atoms with van der Waals surface area (Å²) in [5.74, 6) is -4.23. The molecule has 44 heavy (non-hydrogen) atoms. The molecule has 0 radical (unpaired) electrons. The largest absolute Gasteiger partial charge is 1.00 e. The molecule has 1 N–H and O–H groups in total. The molecule has 0 aromatic heterocycles. The first-order valence-electron chi connectivity index (χ1n) is 14.0. The molecule has 3 aromatic carbocycles. The average Bonchev–Trinajstić information content (AvgIpc) is 3.83. The molecule has 0 spiro atoms. The Morgan fingerprint density at radius 1 is 0.909 bits per heavy atom. The molecule has 0 heterocycles. The van der Waals surface area contributed by atoms with Crippen molar-refractivity contribution in [2.75, 3.05) is 30.8 Å². The zero-order valence-corrected chi connectivity index (χ0v) is 28.2. The first kappa shape index (κ1) is 41.4. The number of hydrogen-bond donors (Lipinski definition) is 1.